The monoisotopic (exact) mass is 307 g/mol. The van der Waals surface area contributed by atoms with Crippen LogP contribution < -0.4 is 11.1 Å². The van der Waals surface area contributed by atoms with Crippen molar-refractivity contribution in [1.29, 1.82) is 0 Å². The molecule has 5 heteroatoms. The summed E-state index contributed by atoms with van der Waals surface area (Å²) >= 11 is 8.33. The minimum Gasteiger partial charge on any atom is -0.389 e. The maximum absolute atomic E-state index is 5.57. The zero-order chi connectivity index (χ0) is 12.3. The summed E-state index contributed by atoms with van der Waals surface area (Å²) in [6.07, 6.45) is 1.68. The maximum Gasteiger partial charge on any atom is 0.130 e. The molecule has 86 valence electrons. The predicted molar refractivity (Wildman–Crippen MR) is 77.5 cm³/mol. The van der Waals surface area contributed by atoms with E-state index in [1.165, 1.54) is 0 Å². The van der Waals surface area contributed by atoms with Crippen LogP contribution in [0, 0.1) is 0 Å². The second kappa shape index (κ2) is 5.25. The Balaban J connectivity index is 2.24. The van der Waals surface area contributed by atoms with Gasteiger partial charge in [-0.1, -0.05) is 34.2 Å². The number of aromatic nitrogens is 1. The lowest BCUT2D eigenvalue weighted by atomic mass is 10.2. The molecular formula is C12H10BrN3S. The van der Waals surface area contributed by atoms with E-state index in [0.717, 1.165) is 15.7 Å². The lowest BCUT2D eigenvalue weighted by Gasteiger charge is -2.07. The third-order valence-corrected chi connectivity index (χ3v) is 2.87. The van der Waals surface area contributed by atoms with Gasteiger partial charge in [-0.2, -0.15) is 0 Å². The van der Waals surface area contributed by atoms with Crippen LogP contribution in [0.1, 0.15) is 5.56 Å². The van der Waals surface area contributed by atoms with Gasteiger partial charge in [0, 0.05) is 21.9 Å². The fraction of sp³-hybridized carbons (Fsp3) is 0. The fourth-order valence-electron chi connectivity index (χ4n) is 1.37. The zero-order valence-electron chi connectivity index (χ0n) is 8.85. The number of nitrogens with zero attached hydrogens (tertiary/aromatic N) is 1. The van der Waals surface area contributed by atoms with E-state index < -0.39 is 0 Å². The molecule has 0 fully saturated rings. The highest BCUT2D eigenvalue weighted by Gasteiger charge is 2.00. The molecule has 3 nitrogen and oxygen atoms in total. The Morgan fingerprint density at radius 2 is 2.12 bits per heavy atom. The maximum atomic E-state index is 5.57. The van der Waals surface area contributed by atoms with E-state index >= 15 is 0 Å². The van der Waals surface area contributed by atoms with Crippen LogP contribution in [0.3, 0.4) is 0 Å². The Bertz CT molecular complexity index is 557. The molecule has 0 radical (unpaired) electrons. The normalized spacial score (nSPS) is 9.94. The average molecular weight is 308 g/mol. The van der Waals surface area contributed by atoms with Gasteiger partial charge < -0.3 is 11.1 Å². The first kappa shape index (κ1) is 12.0. The van der Waals surface area contributed by atoms with Crippen LogP contribution in [-0.4, -0.2) is 9.97 Å². The summed E-state index contributed by atoms with van der Waals surface area (Å²) in [6.45, 7) is 0. The van der Waals surface area contributed by atoms with Crippen LogP contribution in [-0.2, 0) is 0 Å². The number of rotatable bonds is 3. The fourth-order valence-corrected chi connectivity index (χ4v) is 1.89. The molecule has 0 spiro atoms. The quantitative estimate of drug-likeness (QED) is 0.855. The van der Waals surface area contributed by atoms with E-state index in [-0.39, 0.29) is 0 Å². The highest BCUT2D eigenvalue weighted by Crippen LogP contribution is 2.19. The molecule has 0 saturated carbocycles. The lowest BCUT2D eigenvalue weighted by Crippen LogP contribution is -2.09. The summed E-state index contributed by atoms with van der Waals surface area (Å²) in [4.78, 5) is 4.57. The molecule has 0 aliphatic carbocycles. The van der Waals surface area contributed by atoms with Crippen molar-refractivity contribution in [3.05, 3.63) is 52.6 Å². The van der Waals surface area contributed by atoms with Crippen molar-refractivity contribution in [3.8, 4) is 0 Å². The lowest BCUT2D eigenvalue weighted by molar-refractivity contribution is 1.30. The first-order chi connectivity index (χ1) is 8.15. The van der Waals surface area contributed by atoms with E-state index in [0.29, 0.717) is 10.8 Å². The molecule has 0 aliphatic rings. The molecule has 1 aromatic heterocycles. The summed E-state index contributed by atoms with van der Waals surface area (Å²) in [5.41, 5.74) is 7.32. The van der Waals surface area contributed by atoms with Crippen molar-refractivity contribution in [1.82, 2.24) is 4.98 Å². The van der Waals surface area contributed by atoms with Crippen molar-refractivity contribution < 1.29 is 0 Å². The van der Waals surface area contributed by atoms with Crippen molar-refractivity contribution >= 4 is 44.6 Å². The summed E-state index contributed by atoms with van der Waals surface area (Å²) in [6, 6.07) is 11.4. The molecule has 1 aromatic carbocycles. The van der Waals surface area contributed by atoms with Crippen LogP contribution in [0.15, 0.2) is 47.1 Å². The largest absolute Gasteiger partial charge is 0.389 e. The SMILES string of the molecule is NC(=S)c1ccnc(Nc2cccc(Br)c2)c1. The van der Waals surface area contributed by atoms with Gasteiger partial charge in [-0.25, -0.2) is 4.98 Å². The Morgan fingerprint density at radius 1 is 1.29 bits per heavy atom. The zero-order valence-corrected chi connectivity index (χ0v) is 11.3. The number of hydrogen-bond acceptors (Lipinski definition) is 3. The van der Waals surface area contributed by atoms with E-state index in [2.05, 4.69) is 26.2 Å². The van der Waals surface area contributed by atoms with Gasteiger partial charge in [0.05, 0.1) is 0 Å². The molecule has 0 amide bonds. The van der Waals surface area contributed by atoms with Crippen LogP contribution >= 0.6 is 28.1 Å². The highest BCUT2D eigenvalue weighted by molar-refractivity contribution is 9.10. The predicted octanol–water partition coefficient (Wildman–Crippen LogP) is 3.22. The Hall–Kier alpha value is -1.46. The minimum atomic E-state index is 0.365. The van der Waals surface area contributed by atoms with E-state index in [1.807, 2.05) is 30.3 Å². The smallest absolute Gasteiger partial charge is 0.130 e. The Labute approximate surface area is 113 Å². The Morgan fingerprint density at radius 3 is 2.82 bits per heavy atom. The van der Waals surface area contributed by atoms with Gasteiger partial charge in [0.25, 0.3) is 0 Å². The third-order valence-electron chi connectivity index (χ3n) is 2.14. The number of halogens is 1. The standard InChI is InChI=1S/C12H10BrN3S/c13-9-2-1-3-10(7-9)16-11-6-8(12(14)17)4-5-15-11/h1-7H,(H2,14,17)(H,15,16). The second-order valence-corrected chi connectivity index (χ2v) is 4.78. The molecule has 0 unspecified atom stereocenters. The van der Waals surface area contributed by atoms with Gasteiger partial charge in [0.1, 0.15) is 10.8 Å². The highest BCUT2D eigenvalue weighted by atomic mass is 79.9. The molecular weight excluding hydrogens is 298 g/mol. The van der Waals surface area contributed by atoms with Gasteiger partial charge in [-0.15, -0.1) is 0 Å². The molecule has 0 bridgehead atoms. The third kappa shape index (κ3) is 3.25. The Kier molecular flexibility index (Phi) is 3.71. The molecule has 0 aliphatic heterocycles. The van der Waals surface area contributed by atoms with Crippen molar-refractivity contribution in [2.75, 3.05) is 5.32 Å². The van der Waals surface area contributed by atoms with Crippen LogP contribution in [0.5, 0.6) is 0 Å². The number of pyridine rings is 1. The second-order valence-electron chi connectivity index (χ2n) is 3.43. The van der Waals surface area contributed by atoms with Crippen LogP contribution in [0.4, 0.5) is 11.5 Å². The summed E-state index contributed by atoms with van der Waals surface area (Å²) < 4.78 is 1.01. The average Bonchev–Trinajstić information content (AvgIpc) is 2.29. The van der Waals surface area contributed by atoms with Crippen molar-refractivity contribution in [3.63, 3.8) is 0 Å². The van der Waals surface area contributed by atoms with E-state index in [4.69, 9.17) is 18.0 Å². The van der Waals surface area contributed by atoms with Crippen LogP contribution in [0.25, 0.3) is 0 Å². The number of thiocarbonyl (C=S) groups is 1. The van der Waals surface area contributed by atoms with Gasteiger partial charge in [-0.3, -0.25) is 0 Å². The van der Waals surface area contributed by atoms with Crippen LogP contribution in [0.2, 0.25) is 0 Å². The number of hydrogen-bond donors (Lipinski definition) is 2. The molecule has 2 rings (SSSR count). The first-order valence-electron chi connectivity index (χ1n) is 4.93. The van der Waals surface area contributed by atoms with Crippen molar-refractivity contribution in [2.45, 2.75) is 0 Å². The number of benzene rings is 1. The van der Waals surface area contributed by atoms with Gasteiger partial charge in [0.15, 0.2) is 0 Å². The molecule has 3 N–H and O–H groups in total. The summed E-state index contributed by atoms with van der Waals surface area (Å²) in [7, 11) is 0. The van der Waals surface area contributed by atoms with Gasteiger partial charge >= 0.3 is 0 Å². The van der Waals surface area contributed by atoms with Gasteiger partial charge in [-0.05, 0) is 30.3 Å². The number of nitrogens with one attached hydrogen (secondary N) is 1. The summed E-state index contributed by atoms with van der Waals surface area (Å²) in [5, 5.41) is 3.18. The van der Waals surface area contributed by atoms with Gasteiger partial charge in [0.2, 0.25) is 0 Å². The molecule has 17 heavy (non-hydrogen) atoms. The number of nitrogens with two attached hydrogens (primary N) is 1. The minimum absolute atomic E-state index is 0.365. The van der Waals surface area contributed by atoms with Crippen molar-refractivity contribution in [2.24, 2.45) is 5.73 Å². The molecule has 2 aromatic rings. The van der Waals surface area contributed by atoms with E-state index in [1.54, 1.807) is 12.3 Å². The molecule has 0 atom stereocenters. The molecule has 0 saturated heterocycles. The topological polar surface area (TPSA) is 50.9 Å². The number of anilines is 2. The first-order valence-corrected chi connectivity index (χ1v) is 6.14. The van der Waals surface area contributed by atoms with E-state index in [9.17, 15) is 0 Å². The summed E-state index contributed by atoms with van der Waals surface area (Å²) in [5.74, 6) is 0.716. The molecule has 1 heterocycles.